The number of rotatable bonds is 5. The van der Waals surface area contributed by atoms with Gasteiger partial charge in [0, 0.05) is 25.6 Å². The molecule has 4 nitrogen and oxygen atoms in total. The summed E-state index contributed by atoms with van der Waals surface area (Å²) in [5, 5.41) is 0. The monoisotopic (exact) mass is 330 g/mol. The summed E-state index contributed by atoms with van der Waals surface area (Å²) in [4.78, 5) is 14.7. The van der Waals surface area contributed by atoms with Crippen molar-refractivity contribution in [2.45, 2.75) is 64.0 Å². The molecule has 1 aromatic carbocycles. The van der Waals surface area contributed by atoms with Crippen LogP contribution < -0.4 is 10.5 Å². The number of carbonyl (C=O) groups excluding carboxylic acids is 1. The van der Waals surface area contributed by atoms with Crippen molar-refractivity contribution < 1.29 is 9.53 Å². The summed E-state index contributed by atoms with van der Waals surface area (Å²) >= 11 is 0. The lowest BCUT2D eigenvalue weighted by Crippen LogP contribution is -2.36. The average Bonchev–Trinajstić information content (AvgIpc) is 2.97. The van der Waals surface area contributed by atoms with Gasteiger partial charge in [-0.05, 0) is 48.4 Å². The number of fused-ring (bicyclic) bond motifs is 1. The topological polar surface area (TPSA) is 55.6 Å². The lowest BCUT2D eigenvalue weighted by molar-refractivity contribution is -0.132. The summed E-state index contributed by atoms with van der Waals surface area (Å²) in [6.45, 7) is 1.53. The molecule has 0 bridgehead atoms. The number of carbonyl (C=O) groups is 1. The summed E-state index contributed by atoms with van der Waals surface area (Å²) in [6, 6.07) is 6.20. The van der Waals surface area contributed by atoms with Crippen molar-refractivity contribution >= 4 is 5.91 Å². The zero-order valence-electron chi connectivity index (χ0n) is 14.8. The van der Waals surface area contributed by atoms with Crippen LogP contribution in [0.1, 0.15) is 56.1 Å². The molecule has 1 unspecified atom stereocenters. The Morgan fingerprint density at radius 3 is 2.83 bits per heavy atom. The second kappa shape index (κ2) is 8.02. The van der Waals surface area contributed by atoms with E-state index in [0.29, 0.717) is 13.0 Å². The van der Waals surface area contributed by atoms with E-state index >= 15 is 0 Å². The molecule has 0 radical (unpaired) electrons. The van der Waals surface area contributed by atoms with Crippen LogP contribution >= 0.6 is 0 Å². The minimum Gasteiger partial charge on any atom is -0.497 e. The highest BCUT2D eigenvalue weighted by Gasteiger charge is 2.23. The van der Waals surface area contributed by atoms with Crippen molar-refractivity contribution in [2.75, 3.05) is 13.7 Å². The first kappa shape index (κ1) is 17.3. The Kier molecular flexibility index (Phi) is 5.77. The van der Waals surface area contributed by atoms with Crippen molar-refractivity contribution in [1.29, 1.82) is 0 Å². The predicted molar refractivity (Wildman–Crippen MR) is 95.9 cm³/mol. The highest BCUT2D eigenvalue weighted by molar-refractivity contribution is 5.77. The molecule has 1 fully saturated rings. The summed E-state index contributed by atoms with van der Waals surface area (Å²) in [7, 11) is 1.69. The maximum absolute atomic E-state index is 12.7. The fourth-order valence-corrected chi connectivity index (χ4v) is 4.19. The van der Waals surface area contributed by atoms with Gasteiger partial charge in [-0.25, -0.2) is 0 Å². The van der Waals surface area contributed by atoms with Gasteiger partial charge < -0.3 is 15.4 Å². The minimum atomic E-state index is 0.0131. The van der Waals surface area contributed by atoms with Crippen molar-refractivity contribution in [3.8, 4) is 5.75 Å². The molecule has 2 N–H and O–H groups in total. The molecule has 0 spiro atoms. The molecule has 24 heavy (non-hydrogen) atoms. The fourth-order valence-electron chi connectivity index (χ4n) is 4.19. The lowest BCUT2D eigenvalue weighted by Gasteiger charge is -2.24. The molecule has 3 rings (SSSR count). The van der Waals surface area contributed by atoms with Gasteiger partial charge in [-0.15, -0.1) is 0 Å². The van der Waals surface area contributed by atoms with Gasteiger partial charge in [-0.1, -0.05) is 31.7 Å². The second-order valence-electron chi connectivity index (χ2n) is 7.40. The summed E-state index contributed by atoms with van der Waals surface area (Å²) < 4.78 is 5.31. The van der Waals surface area contributed by atoms with Crippen LogP contribution in [0.3, 0.4) is 0 Å². The Hall–Kier alpha value is -1.55. The molecular formula is C20H30N2O2. The number of benzene rings is 1. The number of hydrogen-bond donors (Lipinski definition) is 1. The van der Waals surface area contributed by atoms with Crippen molar-refractivity contribution in [3.63, 3.8) is 0 Å². The van der Waals surface area contributed by atoms with Gasteiger partial charge in [0.15, 0.2) is 0 Å². The van der Waals surface area contributed by atoms with E-state index in [1.807, 2.05) is 11.0 Å². The first-order chi connectivity index (χ1) is 11.7. The van der Waals surface area contributed by atoms with Gasteiger partial charge in [0.25, 0.3) is 0 Å². The third-order valence-electron chi connectivity index (χ3n) is 5.55. The number of aryl methyl sites for hydroxylation is 1. The Balaban J connectivity index is 1.58. The molecule has 1 aromatic rings. The predicted octanol–water partition coefficient (Wildman–Crippen LogP) is 3.27. The highest BCUT2D eigenvalue weighted by atomic mass is 16.5. The van der Waals surface area contributed by atoms with Crippen LogP contribution in [0, 0.1) is 5.92 Å². The van der Waals surface area contributed by atoms with Gasteiger partial charge in [-0.3, -0.25) is 4.79 Å². The standard InChI is InChI=1S/C20H30N2O2/c1-24-19-9-8-17-14-22(10-4-7-16(17)12-19)20(23)13-18(21)11-15-5-2-3-6-15/h8-9,12,15,18H,2-7,10-11,13-14,21H2,1H3. The number of nitrogens with two attached hydrogens (primary N) is 1. The fraction of sp³-hybridized carbons (Fsp3) is 0.650. The van der Waals surface area contributed by atoms with Crippen LogP contribution in [0.25, 0.3) is 0 Å². The zero-order chi connectivity index (χ0) is 16.9. The third kappa shape index (κ3) is 4.29. The SMILES string of the molecule is COc1ccc2c(c1)CCCN(C(=O)CC(N)CC1CCCC1)C2. The molecule has 2 aliphatic rings. The normalized spacial score (nSPS) is 19.7. The lowest BCUT2D eigenvalue weighted by atomic mass is 9.96. The van der Waals surface area contributed by atoms with E-state index in [1.54, 1.807) is 7.11 Å². The molecule has 1 heterocycles. The molecule has 1 aliphatic carbocycles. The molecule has 0 saturated heterocycles. The van der Waals surface area contributed by atoms with E-state index in [0.717, 1.165) is 37.5 Å². The van der Waals surface area contributed by atoms with Crippen LogP contribution in [-0.2, 0) is 17.8 Å². The van der Waals surface area contributed by atoms with Gasteiger partial charge in [0.2, 0.25) is 5.91 Å². The number of nitrogens with zero attached hydrogens (tertiary/aromatic N) is 1. The van der Waals surface area contributed by atoms with E-state index in [9.17, 15) is 4.79 Å². The molecule has 4 heteroatoms. The summed E-state index contributed by atoms with van der Waals surface area (Å²) in [5.41, 5.74) is 8.82. The zero-order valence-corrected chi connectivity index (χ0v) is 14.8. The molecule has 1 amide bonds. The minimum absolute atomic E-state index is 0.0131. The third-order valence-corrected chi connectivity index (χ3v) is 5.55. The molecular weight excluding hydrogens is 300 g/mol. The van der Waals surface area contributed by atoms with Gasteiger partial charge in [-0.2, -0.15) is 0 Å². The first-order valence-electron chi connectivity index (χ1n) is 9.35. The van der Waals surface area contributed by atoms with Crippen LogP contribution in [0.2, 0.25) is 0 Å². The summed E-state index contributed by atoms with van der Waals surface area (Å²) in [5.74, 6) is 1.85. The molecule has 1 atom stereocenters. The van der Waals surface area contributed by atoms with Gasteiger partial charge in [0.1, 0.15) is 5.75 Å². The summed E-state index contributed by atoms with van der Waals surface area (Å²) in [6.07, 6.45) is 8.75. The average molecular weight is 330 g/mol. The number of methoxy groups -OCH3 is 1. The molecule has 132 valence electrons. The highest BCUT2D eigenvalue weighted by Crippen LogP contribution is 2.29. The van der Waals surface area contributed by atoms with Crippen molar-refractivity contribution in [1.82, 2.24) is 4.90 Å². The number of amides is 1. The van der Waals surface area contributed by atoms with E-state index in [1.165, 1.54) is 36.8 Å². The molecule has 1 saturated carbocycles. The second-order valence-corrected chi connectivity index (χ2v) is 7.40. The molecule has 0 aromatic heterocycles. The first-order valence-corrected chi connectivity index (χ1v) is 9.35. The van der Waals surface area contributed by atoms with Gasteiger partial charge in [0.05, 0.1) is 7.11 Å². The number of ether oxygens (including phenoxy) is 1. The smallest absolute Gasteiger partial charge is 0.224 e. The number of hydrogen-bond acceptors (Lipinski definition) is 3. The van der Waals surface area contributed by atoms with E-state index < -0.39 is 0 Å². The quantitative estimate of drug-likeness (QED) is 0.901. The van der Waals surface area contributed by atoms with E-state index in [-0.39, 0.29) is 11.9 Å². The molecule has 1 aliphatic heterocycles. The van der Waals surface area contributed by atoms with Crippen LogP contribution in [0.4, 0.5) is 0 Å². The Bertz CT molecular complexity index is 567. The van der Waals surface area contributed by atoms with Crippen LogP contribution in [0.15, 0.2) is 18.2 Å². The maximum atomic E-state index is 12.7. The van der Waals surface area contributed by atoms with Gasteiger partial charge >= 0.3 is 0 Å². The largest absolute Gasteiger partial charge is 0.497 e. The van der Waals surface area contributed by atoms with Crippen LogP contribution in [0.5, 0.6) is 5.75 Å². The van der Waals surface area contributed by atoms with E-state index in [4.69, 9.17) is 10.5 Å². The van der Waals surface area contributed by atoms with Crippen molar-refractivity contribution in [2.24, 2.45) is 11.7 Å². The maximum Gasteiger partial charge on any atom is 0.224 e. The Morgan fingerprint density at radius 1 is 1.29 bits per heavy atom. The van der Waals surface area contributed by atoms with Crippen molar-refractivity contribution in [3.05, 3.63) is 29.3 Å². The van der Waals surface area contributed by atoms with E-state index in [2.05, 4.69) is 12.1 Å². The van der Waals surface area contributed by atoms with Crippen LogP contribution in [-0.4, -0.2) is 30.5 Å². The Labute approximate surface area is 145 Å². The Morgan fingerprint density at radius 2 is 2.08 bits per heavy atom.